The molecule has 2 aliphatic carbocycles. The Labute approximate surface area is 584 Å². The number of rotatable bonds is 24. The molecule has 538 valence electrons. The molecule has 9 rings (SSSR count). The molecule has 24 nitrogen and oxygen atoms in total. The van der Waals surface area contributed by atoms with E-state index in [1.54, 1.807) is 80.8 Å². The number of nitrogens with one attached hydrogen (secondary N) is 6. The first-order valence-corrected chi connectivity index (χ1v) is 35.0. The Hall–Kier alpha value is -9.10. The summed E-state index contributed by atoms with van der Waals surface area (Å²) < 4.78 is 5.15. The Bertz CT molecular complexity index is 3570. The van der Waals surface area contributed by atoms with Gasteiger partial charge in [-0.3, -0.25) is 33.6 Å². The topological polar surface area (TPSA) is 369 Å². The number of carbonyl (C=O) groups excluding carboxylic acids is 6. The first-order chi connectivity index (χ1) is 47.0. The maximum absolute atomic E-state index is 12.5. The van der Waals surface area contributed by atoms with Crippen molar-refractivity contribution >= 4 is 70.9 Å². The number of thiophene rings is 1. The van der Waals surface area contributed by atoms with Gasteiger partial charge in [-0.2, -0.15) is 0 Å². The molecule has 5 atom stereocenters. The lowest BCUT2D eigenvalue weighted by Gasteiger charge is -2.38. The molecule has 2 aliphatic heterocycles. The molecule has 2 aromatic heterocycles. The van der Waals surface area contributed by atoms with Gasteiger partial charge in [-0.15, -0.1) is 11.3 Å². The fraction of sp³-hybridized carbons (Fsp3) is 0.514. The molecule has 99 heavy (non-hydrogen) atoms. The van der Waals surface area contributed by atoms with Gasteiger partial charge in [0.15, 0.2) is 0 Å². The Kier molecular flexibility index (Phi) is 29.6. The number of nitrogens with two attached hydrogens (primary N) is 1. The highest BCUT2D eigenvalue weighted by Gasteiger charge is 2.46. The zero-order chi connectivity index (χ0) is 72.5. The lowest BCUT2D eigenvalue weighted by atomic mass is 9.71. The van der Waals surface area contributed by atoms with Crippen LogP contribution in [0.15, 0.2) is 108 Å². The van der Waals surface area contributed by atoms with Crippen LogP contribution in [-0.4, -0.2) is 133 Å². The minimum Gasteiger partial charge on any atom is -0.481 e. The molecule has 5 aromatic rings. The standard InChI is InChI=1S/C20H27N3O4.C19H27N3O4.C19H29NO3S.C16H18N2O4/c1-14-5-4-9-20(11-14,18(25)26)22-17(24)12-21-19(27)23-10-8-15-6-2-3-7-16(15)13-23;1-18(2,16(24)25)19(3,4)21-15(23)11-20-17(26)22-10-9-13-7-5-6-8-14(13)12-22;1-3-4-5-6-9-14-11-12-15(24-14)17(21)20-16-10-7-8-13-19(16,2)18(22)23;17-13(14-6-3-7-22-14)9-15(19)18-10-12-5-2-1-4-11(12)8-16(20)21/h2-3,6-7,14H,4-5,8-13H2,1H3,(H,21,27)(H,22,24)(H,25,26);5-8H,9-12H2,1-4H3,(H,20,26)(H,21,23)(H,24,25);11-12,16H,3-10,13H2,1-2H3,(H,20,21)(H,22,23);1-7,13H,8-10,17H2,(H,18,19)(H,20,21). The molecule has 3 aromatic carbocycles. The maximum atomic E-state index is 12.5. The number of carboxylic acids is 4. The second kappa shape index (κ2) is 37.2. The van der Waals surface area contributed by atoms with Crippen LogP contribution in [0.4, 0.5) is 9.59 Å². The van der Waals surface area contributed by atoms with Crippen LogP contribution in [0.3, 0.4) is 0 Å². The van der Waals surface area contributed by atoms with Crippen molar-refractivity contribution in [2.75, 3.05) is 26.2 Å². The summed E-state index contributed by atoms with van der Waals surface area (Å²) in [4.78, 5) is 124. The van der Waals surface area contributed by atoms with Gasteiger partial charge in [-0.05, 0) is 150 Å². The number of amides is 8. The van der Waals surface area contributed by atoms with E-state index >= 15 is 0 Å². The molecule has 5 unspecified atom stereocenters. The second-order valence-electron chi connectivity index (χ2n) is 27.5. The molecule has 4 aliphatic rings. The Morgan fingerprint density at radius 2 is 1.26 bits per heavy atom. The smallest absolute Gasteiger partial charge is 0.329 e. The normalized spacial score (nSPS) is 18.9. The molecule has 0 spiro atoms. The zero-order valence-electron chi connectivity index (χ0n) is 58.2. The number of hydrogen-bond donors (Lipinski definition) is 11. The highest BCUT2D eigenvalue weighted by Crippen LogP contribution is 2.37. The van der Waals surface area contributed by atoms with Gasteiger partial charge in [-0.25, -0.2) is 14.4 Å². The predicted octanol–water partition coefficient (Wildman–Crippen LogP) is 9.91. The fourth-order valence-electron chi connectivity index (χ4n) is 12.5. The van der Waals surface area contributed by atoms with Gasteiger partial charge in [0.05, 0.1) is 53.1 Å². The van der Waals surface area contributed by atoms with Crippen molar-refractivity contribution in [3.05, 3.63) is 152 Å². The number of aryl methyl sites for hydroxylation is 1. The van der Waals surface area contributed by atoms with Crippen LogP contribution in [-0.2, 0) is 78.9 Å². The maximum Gasteiger partial charge on any atom is 0.329 e. The summed E-state index contributed by atoms with van der Waals surface area (Å²) in [7, 11) is 0. The third kappa shape index (κ3) is 23.3. The molecule has 0 radical (unpaired) electrons. The van der Waals surface area contributed by atoms with Crippen molar-refractivity contribution in [1.82, 2.24) is 41.7 Å². The lowest BCUT2D eigenvalue weighted by Crippen LogP contribution is -2.58. The average Bonchev–Trinajstić information content (AvgIpc) is 1.72. The van der Waals surface area contributed by atoms with Crippen LogP contribution >= 0.6 is 11.3 Å². The predicted molar refractivity (Wildman–Crippen MR) is 375 cm³/mol. The molecule has 0 saturated heterocycles. The molecule has 4 heterocycles. The van der Waals surface area contributed by atoms with Gasteiger partial charge < -0.3 is 72.3 Å². The molecule has 2 fully saturated rings. The van der Waals surface area contributed by atoms with Crippen molar-refractivity contribution in [3.63, 3.8) is 0 Å². The Balaban J connectivity index is 0.000000209. The Morgan fingerprint density at radius 3 is 1.82 bits per heavy atom. The van der Waals surface area contributed by atoms with E-state index in [0.717, 1.165) is 74.5 Å². The van der Waals surface area contributed by atoms with E-state index in [-0.39, 0.29) is 68.3 Å². The van der Waals surface area contributed by atoms with E-state index in [0.29, 0.717) is 61.6 Å². The number of carbonyl (C=O) groups is 10. The molecule has 0 bridgehead atoms. The molecule has 2 saturated carbocycles. The third-order valence-electron chi connectivity index (χ3n) is 19.4. The molecular weight excluding hydrogens is 1290 g/mol. The van der Waals surface area contributed by atoms with Crippen molar-refractivity contribution < 1.29 is 72.8 Å². The number of fused-ring (bicyclic) bond motifs is 2. The van der Waals surface area contributed by atoms with E-state index in [2.05, 4.69) is 51.0 Å². The summed E-state index contributed by atoms with van der Waals surface area (Å²) >= 11 is 1.54. The largest absolute Gasteiger partial charge is 0.481 e. The minimum absolute atomic E-state index is 0.0715. The zero-order valence-corrected chi connectivity index (χ0v) is 59.0. The number of aliphatic carboxylic acids is 4. The summed E-state index contributed by atoms with van der Waals surface area (Å²) in [6, 6.07) is 29.1. The van der Waals surface area contributed by atoms with E-state index in [9.17, 15) is 63.3 Å². The second-order valence-corrected chi connectivity index (χ2v) is 28.6. The number of hydrogen-bond acceptors (Lipinski definition) is 13. The van der Waals surface area contributed by atoms with E-state index in [1.165, 1.54) is 52.9 Å². The van der Waals surface area contributed by atoms with Gasteiger partial charge in [0, 0.05) is 50.1 Å². The molecular formula is C74H101N9O15S. The van der Waals surface area contributed by atoms with Crippen LogP contribution in [0.1, 0.15) is 192 Å². The lowest BCUT2D eigenvalue weighted by molar-refractivity contribution is -0.152. The number of benzene rings is 3. The SMILES string of the molecule is CC(C)(NC(=O)CNC(=O)N1CCc2ccccc2C1)C(C)(C)C(=O)O.CC1CCCC(NC(=O)CNC(=O)N2CCc3ccccc3C2)(C(=O)O)C1.CCCCCCc1ccc(C(=O)NC2CCCCC2(C)C(=O)O)s1.NC(CC(=O)NCc1ccccc1CC(=O)O)c1ccco1. The number of urea groups is 2. The van der Waals surface area contributed by atoms with E-state index in [1.807, 2.05) is 55.5 Å². The highest BCUT2D eigenvalue weighted by atomic mass is 32.1. The van der Waals surface area contributed by atoms with E-state index in [4.69, 9.17) is 15.3 Å². The summed E-state index contributed by atoms with van der Waals surface area (Å²) in [5.41, 5.74) is 7.87. The molecule has 8 amide bonds. The van der Waals surface area contributed by atoms with Gasteiger partial charge >= 0.3 is 35.9 Å². The highest BCUT2D eigenvalue weighted by molar-refractivity contribution is 7.14. The quantitative estimate of drug-likeness (QED) is 0.0256. The Morgan fingerprint density at radius 1 is 0.667 bits per heavy atom. The summed E-state index contributed by atoms with van der Waals surface area (Å²) in [6.45, 7) is 14.5. The van der Waals surface area contributed by atoms with Crippen molar-refractivity contribution in [2.45, 2.75) is 200 Å². The number of unbranched alkanes of at least 4 members (excludes halogenated alkanes) is 3. The van der Waals surface area contributed by atoms with Crippen LogP contribution in [0.25, 0.3) is 0 Å². The van der Waals surface area contributed by atoms with Gasteiger partial charge in [0.25, 0.3) is 5.91 Å². The first kappa shape index (κ1) is 78.9. The summed E-state index contributed by atoms with van der Waals surface area (Å²) in [6.07, 6.45) is 14.9. The van der Waals surface area contributed by atoms with Crippen LogP contribution in [0.5, 0.6) is 0 Å². The van der Waals surface area contributed by atoms with Crippen LogP contribution in [0, 0.1) is 16.7 Å². The van der Waals surface area contributed by atoms with Gasteiger partial charge in [-0.1, -0.05) is 132 Å². The monoisotopic (exact) mass is 1390 g/mol. The van der Waals surface area contributed by atoms with Crippen molar-refractivity contribution in [3.8, 4) is 0 Å². The first-order valence-electron chi connectivity index (χ1n) is 34.2. The summed E-state index contributed by atoms with van der Waals surface area (Å²) in [5, 5.41) is 53.7. The number of furan rings is 1. The van der Waals surface area contributed by atoms with Crippen molar-refractivity contribution in [1.29, 1.82) is 0 Å². The van der Waals surface area contributed by atoms with Crippen molar-refractivity contribution in [2.24, 2.45) is 22.5 Å². The van der Waals surface area contributed by atoms with Crippen LogP contribution < -0.4 is 37.6 Å². The molecule has 25 heteroatoms. The average molecular weight is 1390 g/mol. The van der Waals surface area contributed by atoms with E-state index < -0.39 is 63.6 Å². The van der Waals surface area contributed by atoms with Gasteiger partial charge in [0.2, 0.25) is 17.7 Å². The molecule has 12 N–H and O–H groups in total. The van der Waals surface area contributed by atoms with Crippen LogP contribution in [0.2, 0.25) is 0 Å². The minimum atomic E-state index is -1.22. The fourth-order valence-corrected chi connectivity index (χ4v) is 13.4. The number of carboxylic acid groups (broad SMARTS) is 4. The third-order valence-corrected chi connectivity index (χ3v) is 20.5. The summed E-state index contributed by atoms with van der Waals surface area (Å²) in [5.74, 6) is -4.13. The van der Waals surface area contributed by atoms with Gasteiger partial charge in [0.1, 0.15) is 11.3 Å². The number of nitrogens with zero attached hydrogens (tertiary/aromatic N) is 2.